The van der Waals surface area contributed by atoms with E-state index < -0.39 is 18.1 Å². The van der Waals surface area contributed by atoms with E-state index in [-0.39, 0.29) is 0 Å². The molecule has 16 heavy (non-hydrogen) atoms. The average molecular weight is 228 g/mol. The van der Waals surface area contributed by atoms with Gasteiger partial charge >= 0.3 is 6.55 Å². The van der Waals surface area contributed by atoms with Crippen molar-refractivity contribution in [1.82, 2.24) is 9.78 Å². The third kappa shape index (κ3) is 1.86. The highest BCUT2D eigenvalue weighted by Gasteiger charge is 2.10. The first-order valence-corrected chi connectivity index (χ1v) is 4.39. The molecule has 1 aromatic carbocycles. The van der Waals surface area contributed by atoms with E-state index >= 15 is 0 Å². The van der Waals surface area contributed by atoms with Crippen molar-refractivity contribution in [2.75, 3.05) is 0 Å². The Morgan fingerprint density at radius 2 is 2.00 bits per heavy atom. The highest BCUT2D eigenvalue weighted by Crippen LogP contribution is 2.25. The molecule has 0 fully saturated rings. The molecule has 2 aromatic rings. The van der Waals surface area contributed by atoms with Crippen molar-refractivity contribution < 1.29 is 18.3 Å². The van der Waals surface area contributed by atoms with Crippen LogP contribution in [0.5, 0.6) is 5.75 Å². The molecule has 84 valence electrons. The molecule has 0 saturated heterocycles. The minimum atomic E-state index is -2.73. The van der Waals surface area contributed by atoms with Gasteiger partial charge < -0.3 is 5.11 Å². The number of benzene rings is 1. The summed E-state index contributed by atoms with van der Waals surface area (Å²) < 4.78 is 37.9. The van der Waals surface area contributed by atoms with Crippen LogP contribution in [0.15, 0.2) is 30.6 Å². The standard InChI is InChI=1S/C10H7F3N2O/c11-8-3-6(1-2-9(8)16)7-4-14-15(5-7)10(12)13/h1-5,10,16H. The first-order chi connectivity index (χ1) is 7.58. The van der Waals surface area contributed by atoms with Crippen LogP contribution in [0.3, 0.4) is 0 Å². The predicted molar refractivity (Wildman–Crippen MR) is 50.5 cm³/mol. The number of phenols is 1. The summed E-state index contributed by atoms with van der Waals surface area (Å²) in [5.74, 6) is -1.28. The molecule has 0 aliphatic rings. The van der Waals surface area contributed by atoms with E-state index in [9.17, 15) is 13.2 Å². The van der Waals surface area contributed by atoms with Gasteiger partial charge in [0.2, 0.25) is 0 Å². The van der Waals surface area contributed by atoms with Gasteiger partial charge in [0.15, 0.2) is 11.6 Å². The average Bonchev–Trinajstić information content (AvgIpc) is 2.71. The minimum Gasteiger partial charge on any atom is -0.505 e. The lowest BCUT2D eigenvalue weighted by Crippen LogP contribution is -1.96. The fraction of sp³-hybridized carbons (Fsp3) is 0.100. The molecule has 0 atom stereocenters. The Morgan fingerprint density at radius 3 is 2.56 bits per heavy atom. The van der Waals surface area contributed by atoms with E-state index in [1.807, 2.05) is 0 Å². The van der Waals surface area contributed by atoms with E-state index in [1.54, 1.807) is 0 Å². The van der Waals surface area contributed by atoms with E-state index in [1.165, 1.54) is 12.3 Å². The number of aromatic nitrogens is 2. The Labute approximate surface area is 88.8 Å². The number of nitrogens with zero attached hydrogens (tertiary/aromatic N) is 2. The van der Waals surface area contributed by atoms with E-state index in [4.69, 9.17) is 5.11 Å². The molecule has 0 amide bonds. The summed E-state index contributed by atoms with van der Waals surface area (Å²) in [5, 5.41) is 12.4. The van der Waals surface area contributed by atoms with Gasteiger partial charge in [0.25, 0.3) is 0 Å². The van der Waals surface area contributed by atoms with Gasteiger partial charge in [-0.15, -0.1) is 0 Å². The monoisotopic (exact) mass is 228 g/mol. The maximum Gasteiger partial charge on any atom is 0.333 e. The molecule has 0 radical (unpaired) electrons. The summed E-state index contributed by atoms with van der Waals surface area (Å²) in [6, 6.07) is 3.64. The molecular weight excluding hydrogens is 221 g/mol. The second-order valence-electron chi connectivity index (χ2n) is 3.15. The number of hydrogen-bond donors (Lipinski definition) is 1. The fourth-order valence-corrected chi connectivity index (χ4v) is 1.28. The zero-order chi connectivity index (χ0) is 11.7. The van der Waals surface area contributed by atoms with Gasteiger partial charge in [-0.2, -0.15) is 13.9 Å². The maximum absolute atomic E-state index is 13.0. The van der Waals surface area contributed by atoms with Crippen molar-refractivity contribution >= 4 is 0 Å². The van der Waals surface area contributed by atoms with E-state index in [0.29, 0.717) is 15.8 Å². The molecule has 0 spiro atoms. The second-order valence-corrected chi connectivity index (χ2v) is 3.15. The lowest BCUT2D eigenvalue weighted by atomic mass is 10.1. The van der Waals surface area contributed by atoms with Gasteiger partial charge in [-0.3, -0.25) is 0 Å². The van der Waals surface area contributed by atoms with Crippen LogP contribution >= 0.6 is 0 Å². The van der Waals surface area contributed by atoms with Crippen molar-refractivity contribution in [3.8, 4) is 16.9 Å². The zero-order valence-electron chi connectivity index (χ0n) is 7.94. The number of alkyl halides is 2. The van der Waals surface area contributed by atoms with Crippen LogP contribution in [0.2, 0.25) is 0 Å². The van der Waals surface area contributed by atoms with E-state index in [2.05, 4.69) is 5.10 Å². The Hall–Kier alpha value is -1.98. The van der Waals surface area contributed by atoms with Crippen LogP contribution in [-0.4, -0.2) is 14.9 Å². The van der Waals surface area contributed by atoms with Gasteiger partial charge in [0.05, 0.1) is 6.20 Å². The van der Waals surface area contributed by atoms with Gasteiger partial charge in [0.1, 0.15) is 0 Å². The molecule has 1 N–H and O–H groups in total. The molecule has 3 nitrogen and oxygen atoms in total. The van der Waals surface area contributed by atoms with Gasteiger partial charge in [-0.05, 0) is 17.7 Å². The van der Waals surface area contributed by atoms with Crippen LogP contribution < -0.4 is 0 Å². The van der Waals surface area contributed by atoms with Crippen molar-refractivity contribution in [2.45, 2.75) is 6.55 Å². The Balaban J connectivity index is 2.39. The number of hydrogen-bond acceptors (Lipinski definition) is 2. The topological polar surface area (TPSA) is 38.1 Å². The highest BCUT2D eigenvalue weighted by atomic mass is 19.3. The predicted octanol–water partition coefficient (Wildman–Crippen LogP) is 2.79. The van der Waals surface area contributed by atoms with E-state index in [0.717, 1.165) is 18.3 Å². The second kappa shape index (κ2) is 3.88. The summed E-state index contributed by atoms with van der Waals surface area (Å²) in [6.45, 7) is -2.73. The lowest BCUT2D eigenvalue weighted by Gasteiger charge is -1.99. The number of rotatable bonds is 2. The molecule has 2 rings (SSSR count). The van der Waals surface area contributed by atoms with Crippen molar-refractivity contribution in [2.24, 2.45) is 0 Å². The molecule has 6 heteroatoms. The molecule has 1 aromatic heterocycles. The lowest BCUT2D eigenvalue weighted by molar-refractivity contribution is 0.0566. The van der Waals surface area contributed by atoms with Crippen LogP contribution in [-0.2, 0) is 0 Å². The Bertz CT molecular complexity index is 511. The number of aromatic hydroxyl groups is 1. The first-order valence-electron chi connectivity index (χ1n) is 4.39. The fourth-order valence-electron chi connectivity index (χ4n) is 1.28. The van der Waals surface area contributed by atoms with Crippen LogP contribution in [0.1, 0.15) is 6.55 Å². The molecule has 0 unspecified atom stereocenters. The molecular formula is C10H7F3N2O. The minimum absolute atomic E-state index is 0.360. The van der Waals surface area contributed by atoms with Crippen molar-refractivity contribution in [3.05, 3.63) is 36.4 Å². The molecule has 0 saturated carbocycles. The maximum atomic E-state index is 13.0. The van der Waals surface area contributed by atoms with Crippen molar-refractivity contribution in [1.29, 1.82) is 0 Å². The molecule has 1 heterocycles. The van der Waals surface area contributed by atoms with Gasteiger partial charge in [-0.1, -0.05) is 6.07 Å². The van der Waals surface area contributed by atoms with Crippen LogP contribution in [0, 0.1) is 5.82 Å². The molecule has 0 aliphatic carbocycles. The highest BCUT2D eigenvalue weighted by molar-refractivity contribution is 5.62. The first kappa shape index (κ1) is 10.5. The van der Waals surface area contributed by atoms with Crippen LogP contribution in [0.25, 0.3) is 11.1 Å². The van der Waals surface area contributed by atoms with Gasteiger partial charge in [-0.25, -0.2) is 9.07 Å². The number of halogens is 3. The third-order valence-electron chi connectivity index (χ3n) is 2.08. The largest absolute Gasteiger partial charge is 0.505 e. The summed E-state index contributed by atoms with van der Waals surface area (Å²) in [6.07, 6.45) is 2.31. The summed E-state index contributed by atoms with van der Waals surface area (Å²) in [4.78, 5) is 0. The third-order valence-corrected chi connectivity index (χ3v) is 2.08. The summed E-state index contributed by atoms with van der Waals surface area (Å²) in [5.41, 5.74) is 0.737. The molecule has 0 bridgehead atoms. The molecule has 0 aliphatic heterocycles. The zero-order valence-corrected chi connectivity index (χ0v) is 7.94. The van der Waals surface area contributed by atoms with Crippen LogP contribution in [0.4, 0.5) is 13.2 Å². The summed E-state index contributed by atoms with van der Waals surface area (Å²) in [7, 11) is 0. The summed E-state index contributed by atoms with van der Waals surface area (Å²) >= 11 is 0. The SMILES string of the molecule is Oc1ccc(-c2cnn(C(F)F)c2)cc1F. The van der Waals surface area contributed by atoms with Crippen molar-refractivity contribution in [3.63, 3.8) is 0 Å². The number of phenolic OH excluding ortho intramolecular Hbond substituents is 1. The quantitative estimate of drug-likeness (QED) is 0.858. The smallest absolute Gasteiger partial charge is 0.333 e. The Kier molecular flexibility index (Phi) is 2.55. The Morgan fingerprint density at radius 1 is 1.25 bits per heavy atom. The van der Waals surface area contributed by atoms with Gasteiger partial charge in [0, 0.05) is 11.8 Å². The normalized spacial score (nSPS) is 11.0.